The Kier molecular flexibility index (Phi) is 10.4. The van der Waals surface area contributed by atoms with E-state index in [4.69, 9.17) is 5.73 Å². The smallest absolute Gasteiger partial charge is 0.315 e. The number of primary amides is 1. The van der Waals surface area contributed by atoms with Gasteiger partial charge in [0.25, 0.3) is 5.91 Å². The summed E-state index contributed by atoms with van der Waals surface area (Å²) >= 11 is 0. The van der Waals surface area contributed by atoms with E-state index < -0.39 is 73.2 Å². The number of nitrogens with one attached hydrogen (secondary N) is 3. The highest BCUT2D eigenvalue weighted by molar-refractivity contribution is 7.92. The molecule has 0 spiro atoms. The molecule has 0 radical (unpaired) electrons. The molecule has 0 aromatic carbocycles. The van der Waals surface area contributed by atoms with Crippen molar-refractivity contribution in [1.29, 1.82) is 0 Å². The van der Waals surface area contributed by atoms with E-state index in [0.29, 0.717) is 12.8 Å². The average Bonchev–Trinajstić information content (AvgIpc) is 3.71. The van der Waals surface area contributed by atoms with E-state index in [9.17, 15) is 32.4 Å². The van der Waals surface area contributed by atoms with Crippen LogP contribution in [0.1, 0.15) is 109 Å². The fraction of sp³-hybridized carbons (Fsp3) is 0.853. The quantitative estimate of drug-likeness (QED) is 0.215. The molecular weight excluding hydrogens is 622 g/mol. The lowest BCUT2D eigenvalue weighted by atomic mass is 9.85. The van der Waals surface area contributed by atoms with Crippen LogP contribution in [0.3, 0.4) is 0 Å². The summed E-state index contributed by atoms with van der Waals surface area (Å²) in [7, 11) is -3.61. The number of rotatable bonds is 13. The first kappa shape index (κ1) is 38.7. The van der Waals surface area contributed by atoms with Crippen LogP contribution in [-0.4, -0.2) is 83.6 Å². The number of Topliss-reactive ketones (excluding diaryl/α,β-unsaturated/α-hetero) is 1. The van der Waals surface area contributed by atoms with Gasteiger partial charge in [-0.05, 0) is 68.6 Å². The van der Waals surface area contributed by atoms with Crippen LogP contribution in [0.4, 0.5) is 4.79 Å². The Bertz CT molecular complexity index is 1390. The predicted octanol–water partition coefficient (Wildman–Crippen LogP) is 2.93. The number of nitrogens with zero attached hydrogens (tertiary/aromatic N) is 1. The van der Waals surface area contributed by atoms with Crippen LogP contribution < -0.4 is 21.7 Å². The van der Waals surface area contributed by atoms with Gasteiger partial charge in [-0.15, -0.1) is 0 Å². The van der Waals surface area contributed by atoms with Crippen molar-refractivity contribution in [2.75, 3.05) is 12.3 Å². The second-order valence-corrected chi connectivity index (χ2v) is 20.7. The first-order valence-corrected chi connectivity index (χ1v) is 18.5. The molecular formula is C34H59N5O7S. The molecule has 47 heavy (non-hydrogen) atoms. The Morgan fingerprint density at radius 3 is 1.94 bits per heavy atom. The summed E-state index contributed by atoms with van der Waals surface area (Å²) in [5.74, 6) is -3.15. The van der Waals surface area contributed by atoms with E-state index in [1.54, 1.807) is 27.7 Å². The van der Waals surface area contributed by atoms with E-state index >= 15 is 0 Å². The van der Waals surface area contributed by atoms with Crippen molar-refractivity contribution in [3.63, 3.8) is 0 Å². The fourth-order valence-electron chi connectivity index (χ4n) is 7.59. The topological polar surface area (TPSA) is 185 Å². The monoisotopic (exact) mass is 681 g/mol. The van der Waals surface area contributed by atoms with E-state index in [1.807, 2.05) is 55.4 Å². The summed E-state index contributed by atoms with van der Waals surface area (Å²) in [6, 6.07) is -3.75. The molecule has 1 saturated heterocycles. The Labute approximate surface area is 281 Å². The Hall–Kier alpha value is -2.70. The number of likely N-dealkylation sites (tertiary alicyclic amines) is 1. The van der Waals surface area contributed by atoms with Gasteiger partial charge in [-0.25, -0.2) is 13.2 Å². The van der Waals surface area contributed by atoms with Crippen LogP contribution >= 0.6 is 0 Å². The number of urea groups is 1. The minimum Gasteiger partial charge on any atom is -0.363 e. The third-order valence-electron chi connectivity index (χ3n) is 10.8. The number of nitrogens with two attached hydrogens (primary N) is 1. The van der Waals surface area contributed by atoms with Gasteiger partial charge < -0.3 is 26.6 Å². The van der Waals surface area contributed by atoms with Gasteiger partial charge in [-0.1, -0.05) is 68.2 Å². The third kappa shape index (κ3) is 8.13. The van der Waals surface area contributed by atoms with Gasteiger partial charge in [0, 0.05) is 12.5 Å². The number of carbonyl (C=O) groups excluding carboxylic acids is 5. The maximum Gasteiger partial charge on any atom is 0.315 e. The fourth-order valence-corrected chi connectivity index (χ4v) is 9.05. The molecule has 0 bridgehead atoms. The Morgan fingerprint density at radius 2 is 1.49 bits per heavy atom. The second-order valence-electron chi connectivity index (χ2n) is 17.9. The molecule has 3 fully saturated rings. The highest BCUT2D eigenvalue weighted by Gasteiger charge is 2.77. The lowest BCUT2D eigenvalue weighted by Crippen LogP contribution is -2.63. The number of ketones is 1. The summed E-state index contributed by atoms with van der Waals surface area (Å²) in [6.07, 6.45) is 2.50. The number of piperidine rings is 1. The summed E-state index contributed by atoms with van der Waals surface area (Å²) in [5.41, 5.74) is 2.75. The van der Waals surface area contributed by atoms with E-state index in [0.717, 1.165) is 12.8 Å². The van der Waals surface area contributed by atoms with Gasteiger partial charge in [-0.2, -0.15) is 0 Å². The van der Waals surface area contributed by atoms with E-state index in [2.05, 4.69) is 16.0 Å². The van der Waals surface area contributed by atoms with Crippen molar-refractivity contribution in [3.8, 4) is 0 Å². The normalized spacial score (nSPS) is 26.4. The molecule has 0 aromatic heterocycles. The third-order valence-corrected chi connectivity index (χ3v) is 13.7. The molecule has 1 aliphatic heterocycles. The molecule has 3 rings (SSSR count). The van der Waals surface area contributed by atoms with E-state index in [1.165, 1.54) is 4.90 Å². The van der Waals surface area contributed by atoms with Crippen LogP contribution in [-0.2, 0) is 29.0 Å². The van der Waals surface area contributed by atoms with Crippen LogP contribution in [0.2, 0.25) is 0 Å². The van der Waals surface area contributed by atoms with Gasteiger partial charge in [0.2, 0.25) is 17.6 Å². The highest BCUT2D eigenvalue weighted by Crippen LogP contribution is 2.74. The van der Waals surface area contributed by atoms with Gasteiger partial charge in [0.05, 0.1) is 22.1 Å². The van der Waals surface area contributed by atoms with Gasteiger partial charge in [-0.3, -0.25) is 19.2 Å². The number of hydrogen-bond donors (Lipinski definition) is 4. The number of amides is 5. The Morgan fingerprint density at radius 1 is 0.936 bits per heavy atom. The highest BCUT2D eigenvalue weighted by atomic mass is 32.2. The summed E-state index contributed by atoms with van der Waals surface area (Å²) < 4.78 is 25.4. The second kappa shape index (κ2) is 12.6. The number of carbonyl (C=O) groups is 5. The summed E-state index contributed by atoms with van der Waals surface area (Å²) in [5, 5.41) is 8.49. The molecule has 1 heterocycles. The lowest BCUT2D eigenvalue weighted by Gasteiger charge is -2.39. The van der Waals surface area contributed by atoms with Crippen LogP contribution in [0, 0.1) is 34.0 Å². The van der Waals surface area contributed by atoms with Gasteiger partial charge >= 0.3 is 6.03 Å². The van der Waals surface area contributed by atoms with Crippen molar-refractivity contribution < 1.29 is 32.4 Å². The molecule has 268 valence electrons. The van der Waals surface area contributed by atoms with Crippen molar-refractivity contribution >= 4 is 39.4 Å². The maximum atomic E-state index is 14.4. The molecule has 6 atom stereocenters. The molecule has 0 aromatic rings. The average molecular weight is 682 g/mol. The first-order valence-electron chi connectivity index (χ1n) is 16.8. The molecule has 5 N–H and O–H groups in total. The number of hydrogen-bond acceptors (Lipinski definition) is 7. The minimum absolute atomic E-state index is 0.0698. The lowest BCUT2D eigenvalue weighted by molar-refractivity contribution is -0.145. The molecule has 13 heteroatoms. The molecule has 5 amide bonds. The van der Waals surface area contributed by atoms with Crippen LogP contribution in [0.15, 0.2) is 0 Å². The van der Waals surface area contributed by atoms with Gasteiger partial charge in [0.1, 0.15) is 12.1 Å². The zero-order valence-electron chi connectivity index (χ0n) is 30.5. The summed E-state index contributed by atoms with van der Waals surface area (Å²) in [4.78, 5) is 68.1. The Balaban J connectivity index is 1.90. The summed E-state index contributed by atoms with van der Waals surface area (Å²) in [6.45, 7) is 22.3. The predicted molar refractivity (Wildman–Crippen MR) is 181 cm³/mol. The maximum absolute atomic E-state index is 14.4. The standard InChI is InChI=1S/C34H59N5O7S/c1-19(2)16-33(11,18-47(45,46)31(6,7)8)38-29(44)37-25(30(3,4)5)28(43)39-17-34(12)24(32(34,9)10)22(39)27(42)36-21(15-20-13-14-20)23(40)26(35)41/h19-22,24-25H,13-18H2,1-12H3,(H2,35,41)(H,36,42)(H2,37,38,44)/t21?,22?,24?,25-,33?,34?/m1/s1. The zero-order valence-corrected chi connectivity index (χ0v) is 31.3. The molecule has 2 saturated carbocycles. The van der Waals surface area contributed by atoms with Crippen LogP contribution in [0.25, 0.3) is 0 Å². The largest absolute Gasteiger partial charge is 0.363 e. The molecule has 12 nitrogen and oxygen atoms in total. The van der Waals surface area contributed by atoms with Crippen molar-refractivity contribution in [3.05, 3.63) is 0 Å². The minimum atomic E-state index is -3.61. The van der Waals surface area contributed by atoms with Crippen molar-refractivity contribution in [2.24, 2.45) is 39.7 Å². The number of sulfone groups is 1. The number of fused-ring (bicyclic) bond motifs is 1. The molecule has 3 aliphatic rings. The van der Waals surface area contributed by atoms with Crippen LogP contribution in [0.5, 0.6) is 0 Å². The first-order chi connectivity index (χ1) is 21.1. The molecule has 5 unspecified atom stereocenters. The SMILES string of the molecule is CC(C)CC(C)(CS(=O)(=O)C(C)(C)C)NC(=O)N[C@H](C(=O)N1CC2(C)C(C1C(=O)NC(CC1CC1)C(=O)C(N)=O)C2(C)C)C(C)(C)C. The van der Waals surface area contributed by atoms with Crippen molar-refractivity contribution in [2.45, 2.75) is 137 Å². The van der Waals surface area contributed by atoms with Crippen molar-refractivity contribution in [1.82, 2.24) is 20.9 Å². The zero-order chi connectivity index (χ0) is 36.3. The molecule has 2 aliphatic carbocycles. The van der Waals surface area contributed by atoms with E-state index in [-0.39, 0.29) is 40.9 Å². The van der Waals surface area contributed by atoms with Gasteiger partial charge in [0.15, 0.2) is 9.84 Å².